The highest BCUT2D eigenvalue weighted by atomic mass is 16.3. The summed E-state index contributed by atoms with van der Waals surface area (Å²) in [4.78, 5) is 16.8. The first-order valence-electron chi connectivity index (χ1n) is 8.88. The van der Waals surface area contributed by atoms with E-state index < -0.39 is 0 Å². The van der Waals surface area contributed by atoms with E-state index in [4.69, 9.17) is 5.11 Å². The summed E-state index contributed by atoms with van der Waals surface area (Å²) in [5.41, 5.74) is 5.54. The molecule has 8 nitrogen and oxygen atoms in total. The van der Waals surface area contributed by atoms with Gasteiger partial charge >= 0.3 is 0 Å². The van der Waals surface area contributed by atoms with Crippen LogP contribution in [0.15, 0.2) is 36.9 Å². The van der Waals surface area contributed by atoms with E-state index in [1.54, 1.807) is 10.9 Å². The predicted octanol–water partition coefficient (Wildman–Crippen LogP) is 2.48. The van der Waals surface area contributed by atoms with Crippen molar-refractivity contribution < 1.29 is 5.11 Å². The molecule has 0 saturated carbocycles. The lowest BCUT2D eigenvalue weighted by Gasteiger charge is -2.06. The Hall–Kier alpha value is -3.26. The molecule has 0 amide bonds. The van der Waals surface area contributed by atoms with Gasteiger partial charge in [0.15, 0.2) is 0 Å². The lowest BCUT2D eigenvalue weighted by molar-refractivity contribution is 0.269. The van der Waals surface area contributed by atoms with Crippen LogP contribution < -0.4 is 5.32 Å². The lowest BCUT2D eigenvalue weighted by Crippen LogP contribution is -2.01. The van der Waals surface area contributed by atoms with E-state index in [0.29, 0.717) is 12.5 Å². The number of aryl methyl sites for hydroxylation is 1. The highest BCUT2D eigenvalue weighted by Crippen LogP contribution is 2.30. The number of aliphatic hydroxyl groups is 1. The van der Waals surface area contributed by atoms with Crippen LogP contribution in [0.2, 0.25) is 0 Å². The molecular formula is C19H21N7O. The lowest BCUT2D eigenvalue weighted by atomic mass is 10.1. The number of H-pyrrole nitrogens is 1. The Morgan fingerprint density at radius 3 is 2.85 bits per heavy atom. The number of anilines is 1. The minimum Gasteiger partial charge on any atom is -0.394 e. The van der Waals surface area contributed by atoms with E-state index in [9.17, 15) is 0 Å². The summed E-state index contributed by atoms with van der Waals surface area (Å²) in [6.45, 7) is 2.60. The fourth-order valence-electron chi connectivity index (χ4n) is 3.04. The Balaban J connectivity index is 1.80. The predicted molar refractivity (Wildman–Crippen MR) is 104 cm³/mol. The molecule has 0 atom stereocenters. The molecule has 0 aliphatic rings. The first-order chi connectivity index (χ1) is 13.2. The number of fused-ring (bicyclic) bond motifs is 1. The second-order valence-corrected chi connectivity index (χ2v) is 6.21. The third-order valence-corrected chi connectivity index (χ3v) is 4.47. The summed E-state index contributed by atoms with van der Waals surface area (Å²) in [6.07, 6.45) is 8.27. The zero-order valence-corrected chi connectivity index (χ0v) is 15.3. The van der Waals surface area contributed by atoms with Crippen molar-refractivity contribution in [3.63, 3.8) is 0 Å². The summed E-state index contributed by atoms with van der Waals surface area (Å²) in [5, 5.41) is 17.4. The molecule has 3 N–H and O–H groups in total. The molecule has 0 aliphatic carbocycles. The number of hydrogen-bond donors (Lipinski definition) is 3. The Bertz CT molecular complexity index is 1060. The maximum Gasteiger partial charge on any atom is 0.223 e. The topological polar surface area (TPSA) is 105 Å². The van der Waals surface area contributed by atoms with Gasteiger partial charge in [0.25, 0.3) is 0 Å². The van der Waals surface area contributed by atoms with Gasteiger partial charge in [-0.05, 0) is 18.6 Å². The summed E-state index contributed by atoms with van der Waals surface area (Å²) in [5.74, 6) is 0.605. The van der Waals surface area contributed by atoms with Gasteiger partial charge in [-0.3, -0.25) is 4.68 Å². The SMILES string of the molecule is CCc1cc(-c2c[nH]c3ncc(-c4cnn(CCO)c4)cc23)nc(NC)n1. The third-order valence-electron chi connectivity index (χ3n) is 4.47. The Morgan fingerprint density at radius 2 is 2.07 bits per heavy atom. The number of pyridine rings is 1. The van der Waals surface area contributed by atoms with Gasteiger partial charge in [0, 0.05) is 53.4 Å². The second kappa shape index (κ2) is 7.16. The van der Waals surface area contributed by atoms with Gasteiger partial charge in [-0.1, -0.05) is 6.92 Å². The first kappa shape index (κ1) is 17.2. The van der Waals surface area contributed by atoms with Gasteiger partial charge in [0.2, 0.25) is 5.95 Å². The van der Waals surface area contributed by atoms with Crippen molar-refractivity contribution in [3.8, 4) is 22.4 Å². The van der Waals surface area contributed by atoms with E-state index in [-0.39, 0.29) is 6.61 Å². The Kier molecular flexibility index (Phi) is 4.55. The molecule has 0 aromatic carbocycles. The molecule has 8 heteroatoms. The zero-order chi connectivity index (χ0) is 18.8. The molecule has 4 heterocycles. The van der Waals surface area contributed by atoms with Crippen LogP contribution in [0.4, 0.5) is 5.95 Å². The molecule has 0 spiro atoms. The van der Waals surface area contributed by atoms with Crippen molar-refractivity contribution in [2.24, 2.45) is 0 Å². The molecule has 0 unspecified atom stereocenters. The van der Waals surface area contributed by atoms with Gasteiger partial charge in [0.05, 0.1) is 25.0 Å². The minimum atomic E-state index is 0.0572. The summed E-state index contributed by atoms with van der Waals surface area (Å²) in [6, 6.07) is 4.09. The van der Waals surface area contributed by atoms with Crippen molar-refractivity contribution in [2.45, 2.75) is 19.9 Å². The van der Waals surface area contributed by atoms with Crippen molar-refractivity contribution in [1.82, 2.24) is 29.7 Å². The summed E-state index contributed by atoms with van der Waals surface area (Å²) < 4.78 is 1.72. The number of aromatic amines is 1. The molecule has 0 aliphatic heterocycles. The zero-order valence-electron chi connectivity index (χ0n) is 15.3. The average Bonchev–Trinajstić information content (AvgIpc) is 3.34. The average molecular weight is 363 g/mol. The van der Waals surface area contributed by atoms with Crippen molar-refractivity contribution in [1.29, 1.82) is 0 Å². The number of nitrogens with one attached hydrogen (secondary N) is 2. The fourth-order valence-corrected chi connectivity index (χ4v) is 3.04. The molecule has 27 heavy (non-hydrogen) atoms. The summed E-state index contributed by atoms with van der Waals surface area (Å²) in [7, 11) is 1.82. The van der Waals surface area contributed by atoms with E-state index >= 15 is 0 Å². The van der Waals surface area contributed by atoms with Crippen LogP contribution in [0.3, 0.4) is 0 Å². The van der Waals surface area contributed by atoms with Crippen molar-refractivity contribution in [2.75, 3.05) is 19.0 Å². The normalized spacial score (nSPS) is 11.2. The quantitative estimate of drug-likeness (QED) is 0.486. The van der Waals surface area contributed by atoms with Gasteiger partial charge in [-0.25, -0.2) is 15.0 Å². The Morgan fingerprint density at radius 1 is 1.19 bits per heavy atom. The maximum absolute atomic E-state index is 9.07. The van der Waals surface area contributed by atoms with Crippen LogP contribution in [0.25, 0.3) is 33.4 Å². The highest BCUT2D eigenvalue weighted by Gasteiger charge is 2.13. The smallest absolute Gasteiger partial charge is 0.223 e. The van der Waals surface area contributed by atoms with E-state index in [1.165, 1.54) is 0 Å². The minimum absolute atomic E-state index is 0.0572. The largest absolute Gasteiger partial charge is 0.394 e. The number of hydrogen-bond acceptors (Lipinski definition) is 6. The van der Waals surface area contributed by atoms with E-state index in [0.717, 1.165) is 45.5 Å². The Labute approximate surface area is 156 Å². The molecule has 0 bridgehead atoms. The number of aromatic nitrogens is 6. The van der Waals surface area contributed by atoms with Gasteiger partial charge < -0.3 is 15.4 Å². The van der Waals surface area contributed by atoms with Crippen LogP contribution in [0, 0.1) is 0 Å². The number of aliphatic hydroxyl groups excluding tert-OH is 1. The van der Waals surface area contributed by atoms with Crippen LogP contribution in [0.5, 0.6) is 0 Å². The van der Waals surface area contributed by atoms with Crippen LogP contribution in [0.1, 0.15) is 12.6 Å². The standard InChI is InChI=1S/C19H21N7O/c1-3-14-7-17(25-19(20-2)24-14)16-10-22-18-15(16)6-12(8-21-18)13-9-23-26(11-13)4-5-27/h6-11,27H,3-5H2,1-2H3,(H,21,22)(H,20,24,25). The molecular weight excluding hydrogens is 342 g/mol. The van der Waals surface area contributed by atoms with Gasteiger partial charge in [-0.15, -0.1) is 0 Å². The highest BCUT2D eigenvalue weighted by molar-refractivity contribution is 5.95. The van der Waals surface area contributed by atoms with E-state index in [1.807, 2.05) is 31.7 Å². The molecule has 0 radical (unpaired) electrons. The molecule has 4 rings (SSSR count). The maximum atomic E-state index is 9.07. The van der Waals surface area contributed by atoms with Crippen LogP contribution in [-0.2, 0) is 13.0 Å². The third kappa shape index (κ3) is 3.26. The molecule has 0 saturated heterocycles. The van der Waals surface area contributed by atoms with Gasteiger partial charge in [0.1, 0.15) is 5.65 Å². The van der Waals surface area contributed by atoms with Crippen LogP contribution in [-0.4, -0.2) is 48.5 Å². The fraction of sp³-hybridized carbons (Fsp3) is 0.263. The monoisotopic (exact) mass is 363 g/mol. The molecule has 0 fully saturated rings. The first-order valence-corrected chi connectivity index (χ1v) is 8.88. The number of nitrogens with zero attached hydrogens (tertiary/aromatic N) is 5. The van der Waals surface area contributed by atoms with Crippen LogP contribution >= 0.6 is 0 Å². The second-order valence-electron chi connectivity index (χ2n) is 6.21. The molecule has 4 aromatic rings. The number of rotatable bonds is 6. The molecule has 138 valence electrons. The van der Waals surface area contributed by atoms with E-state index in [2.05, 4.69) is 43.3 Å². The van der Waals surface area contributed by atoms with Gasteiger partial charge in [-0.2, -0.15) is 5.10 Å². The van der Waals surface area contributed by atoms with Crippen molar-refractivity contribution >= 4 is 17.0 Å². The molecule has 4 aromatic heterocycles. The van der Waals surface area contributed by atoms with Crippen molar-refractivity contribution in [3.05, 3.63) is 42.6 Å². The summed E-state index contributed by atoms with van der Waals surface area (Å²) >= 11 is 0.